The fourth-order valence-corrected chi connectivity index (χ4v) is 4.17. The van der Waals surface area contributed by atoms with Crippen molar-refractivity contribution in [3.05, 3.63) is 27.0 Å². The summed E-state index contributed by atoms with van der Waals surface area (Å²) < 4.78 is 28.9. The van der Waals surface area contributed by atoms with Crippen molar-refractivity contribution in [3.63, 3.8) is 0 Å². The van der Waals surface area contributed by atoms with Crippen LogP contribution in [0.2, 0.25) is 0 Å². The van der Waals surface area contributed by atoms with Gasteiger partial charge in [0.25, 0.3) is 5.56 Å². The molecule has 0 unspecified atom stereocenters. The molecular weight excluding hydrogens is 368 g/mol. The van der Waals surface area contributed by atoms with Gasteiger partial charge in [0.15, 0.2) is 4.90 Å². The molecule has 0 aromatic carbocycles. The smallest absolute Gasteiger partial charge is 0.313 e. The second-order valence-corrected chi connectivity index (χ2v) is 8.03. The van der Waals surface area contributed by atoms with Crippen LogP contribution in [0.1, 0.15) is 38.5 Å². The van der Waals surface area contributed by atoms with Crippen LogP contribution in [0.4, 0.5) is 0 Å². The van der Waals surface area contributed by atoms with Crippen molar-refractivity contribution in [1.82, 2.24) is 19.2 Å². The highest BCUT2D eigenvalue weighted by Crippen LogP contribution is 2.16. The highest BCUT2D eigenvalue weighted by Gasteiger charge is 2.21. The quantitative estimate of drug-likeness (QED) is 0.526. The van der Waals surface area contributed by atoms with E-state index in [1.54, 1.807) is 0 Å². The van der Waals surface area contributed by atoms with Gasteiger partial charge in [-0.1, -0.05) is 25.7 Å². The Labute approximate surface area is 154 Å². The van der Waals surface area contributed by atoms with Crippen LogP contribution < -0.4 is 21.3 Å². The number of hydrogen-bond donors (Lipinski definition) is 2. The third-order valence-corrected chi connectivity index (χ3v) is 5.85. The molecule has 144 valence electrons. The Balaban J connectivity index is 0.00000312. The lowest BCUT2D eigenvalue weighted by atomic mass is 10.1. The number of aryl methyl sites for hydroxylation is 1. The van der Waals surface area contributed by atoms with Gasteiger partial charge in [0.2, 0.25) is 10.0 Å². The van der Waals surface area contributed by atoms with Gasteiger partial charge in [-0.2, -0.15) is 0 Å². The number of aromatic nitrogens is 2. The van der Waals surface area contributed by atoms with Crippen molar-refractivity contribution in [3.8, 4) is 0 Å². The summed E-state index contributed by atoms with van der Waals surface area (Å²) in [4.78, 5) is 23.2. The molecule has 2 N–H and O–H groups in total. The monoisotopic (exact) mass is 394 g/mol. The molecule has 1 aromatic rings. The van der Waals surface area contributed by atoms with Crippen LogP contribution in [0.5, 0.6) is 0 Å². The summed E-state index contributed by atoms with van der Waals surface area (Å²) in [6.45, 7) is 0.709. The third kappa shape index (κ3) is 5.67. The molecule has 1 aromatic heterocycles. The summed E-state index contributed by atoms with van der Waals surface area (Å²) in [5, 5.41) is 3.37. The predicted octanol–water partition coefficient (Wildman–Crippen LogP) is 0.0965. The zero-order valence-electron chi connectivity index (χ0n) is 14.7. The van der Waals surface area contributed by atoms with Crippen LogP contribution in [-0.4, -0.2) is 36.7 Å². The van der Waals surface area contributed by atoms with Gasteiger partial charge in [0, 0.05) is 39.4 Å². The Morgan fingerprint density at radius 1 is 1.08 bits per heavy atom. The lowest BCUT2D eigenvalue weighted by Gasteiger charge is -2.16. The van der Waals surface area contributed by atoms with E-state index in [1.165, 1.54) is 39.8 Å². The predicted molar refractivity (Wildman–Crippen MR) is 98.9 cm³/mol. The van der Waals surface area contributed by atoms with E-state index in [0.717, 1.165) is 28.2 Å². The van der Waals surface area contributed by atoms with Gasteiger partial charge in [-0.3, -0.25) is 9.36 Å². The SMILES string of the molecule is Cl.Cn1cc(S(=O)(=O)NCCNC2CCCCCC2)c(=O)n(C)c1=O. The maximum atomic E-state index is 12.3. The summed E-state index contributed by atoms with van der Waals surface area (Å²) in [7, 11) is -1.27. The van der Waals surface area contributed by atoms with E-state index >= 15 is 0 Å². The molecule has 8 nitrogen and oxygen atoms in total. The van der Waals surface area contributed by atoms with Crippen molar-refractivity contribution in [2.45, 2.75) is 49.5 Å². The first-order valence-electron chi connectivity index (χ1n) is 8.32. The second kappa shape index (κ2) is 9.51. The molecule has 0 amide bonds. The van der Waals surface area contributed by atoms with Gasteiger partial charge in [0.05, 0.1) is 0 Å². The van der Waals surface area contributed by atoms with Gasteiger partial charge in [0.1, 0.15) is 0 Å². The molecule has 0 atom stereocenters. The Morgan fingerprint density at radius 2 is 1.68 bits per heavy atom. The van der Waals surface area contributed by atoms with Gasteiger partial charge in [-0.15, -0.1) is 12.4 Å². The van der Waals surface area contributed by atoms with E-state index < -0.39 is 26.2 Å². The zero-order valence-corrected chi connectivity index (χ0v) is 16.3. The van der Waals surface area contributed by atoms with E-state index in [0.29, 0.717) is 12.6 Å². The Hall–Kier alpha value is -1.16. The van der Waals surface area contributed by atoms with E-state index in [9.17, 15) is 18.0 Å². The maximum absolute atomic E-state index is 12.3. The molecule has 1 fully saturated rings. The fourth-order valence-electron chi connectivity index (χ4n) is 2.98. The first kappa shape index (κ1) is 21.9. The average Bonchev–Trinajstić information content (AvgIpc) is 2.81. The Kier molecular flexibility index (Phi) is 8.33. The minimum atomic E-state index is -3.95. The molecule has 1 aliphatic carbocycles. The standard InChI is InChI=1S/C15H26N4O4S.ClH/c1-18-11-13(14(20)19(2)15(18)21)24(22,23)17-10-9-16-12-7-5-3-4-6-8-12;/h11-12,16-17H,3-10H2,1-2H3;1H. The normalized spacial score (nSPS) is 16.2. The summed E-state index contributed by atoms with van der Waals surface area (Å²) in [5.41, 5.74) is -1.38. The van der Waals surface area contributed by atoms with Crippen molar-refractivity contribution in [2.75, 3.05) is 13.1 Å². The van der Waals surface area contributed by atoms with Crippen molar-refractivity contribution in [2.24, 2.45) is 14.1 Å². The van der Waals surface area contributed by atoms with Crippen LogP contribution in [0.25, 0.3) is 0 Å². The van der Waals surface area contributed by atoms with Crippen molar-refractivity contribution in [1.29, 1.82) is 0 Å². The molecule has 0 saturated heterocycles. The van der Waals surface area contributed by atoms with Crippen LogP contribution in [0.3, 0.4) is 0 Å². The number of halogens is 1. The van der Waals surface area contributed by atoms with Crippen molar-refractivity contribution >= 4 is 22.4 Å². The largest absolute Gasteiger partial charge is 0.330 e. The number of nitrogens with zero attached hydrogens (tertiary/aromatic N) is 2. The van der Waals surface area contributed by atoms with E-state index in [-0.39, 0.29) is 19.0 Å². The molecule has 1 heterocycles. The minimum Gasteiger partial charge on any atom is -0.313 e. The van der Waals surface area contributed by atoms with Gasteiger partial charge >= 0.3 is 5.69 Å². The Morgan fingerprint density at radius 3 is 2.28 bits per heavy atom. The second-order valence-electron chi connectivity index (χ2n) is 6.29. The van der Waals surface area contributed by atoms with Gasteiger partial charge < -0.3 is 9.88 Å². The fraction of sp³-hybridized carbons (Fsp3) is 0.733. The Bertz CT molecular complexity index is 780. The molecule has 1 aliphatic rings. The highest BCUT2D eigenvalue weighted by molar-refractivity contribution is 7.89. The lowest BCUT2D eigenvalue weighted by molar-refractivity contribution is 0.461. The molecule has 10 heteroatoms. The first-order valence-corrected chi connectivity index (χ1v) is 9.81. The molecule has 0 spiro atoms. The van der Waals surface area contributed by atoms with Crippen LogP contribution in [-0.2, 0) is 24.1 Å². The summed E-state index contributed by atoms with van der Waals surface area (Å²) >= 11 is 0. The summed E-state index contributed by atoms with van der Waals surface area (Å²) in [6, 6.07) is 0.433. The number of hydrogen-bond acceptors (Lipinski definition) is 5. The van der Waals surface area contributed by atoms with Crippen molar-refractivity contribution < 1.29 is 8.42 Å². The minimum absolute atomic E-state index is 0. The van der Waals surface area contributed by atoms with E-state index in [1.807, 2.05) is 0 Å². The van der Waals surface area contributed by atoms with Crippen LogP contribution in [0, 0.1) is 0 Å². The van der Waals surface area contributed by atoms with Crippen LogP contribution >= 0.6 is 12.4 Å². The number of nitrogens with one attached hydrogen (secondary N) is 2. The summed E-state index contributed by atoms with van der Waals surface area (Å²) in [5.74, 6) is 0. The number of sulfonamides is 1. The third-order valence-electron chi connectivity index (χ3n) is 4.41. The topological polar surface area (TPSA) is 102 Å². The van der Waals surface area contributed by atoms with Crippen LogP contribution in [0.15, 0.2) is 20.7 Å². The zero-order chi connectivity index (χ0) is 17.7. The van der Waals surface area contributed by atoms with Gasteiger partial charge in [-0.05, 0) is 12.8 Å². The molecule has 25 heavy (non-hydrogen) atoms. The molecule has 0 aliphatic heterocycles. The maximum Gasteiger partial charge on any atom is 0.330 e. The molecule has 0 bridgehead atoms. The highest BCUT2D eigenvalue weighted by atomic mass is 35.5. The number of rotatable bonds is 6. The molecule has 0 radical (unpaired) electrons. The average molecular weight is 395 g/mol. The molecule has 2 rings (SSSR count). The van der Waals surface area contributed by atoms with E-state index in [4.69, 9.17) is 0 Å². The molecule has 1 saturated carbocycles. The first-order chi connectivity index (χ1) is 11.3. The van der Waals surface area contributed by atoms with Gasteiger partial charge in [-0.25, -0.2) is 17.9 Å². The molecular formula is C15H27ClN4O4S. The lowest BCUT2D eigenvalue weighted by Crippen LogP contribution is -2.43. The summed E-state index contributed by atoms with van der Waals surface area (Å²) in [6.07, 6.45) is 8.24. The van der Waals surface area contributed by atoms with E-state index in [2.05, 4.69) is 10.0 Å².